The summed E-state index contributed by atoms with van der Waals surface area (Å²) in [4.78, 5) is 4.05. The summed E-state index contributed by atoms with van der Waals surface area (Å²) in [7, 11) is 0. The molecule has 1 heterocycles. The van der Waals surface area contributed by atoms with Crippen LogP contribution >= 0.6 is 27.5 Å². The zero-order chi connectivity index (χ0) is 9.14. The number of hydrogen-bond acceptors (Lipinski definition) is 2. The Kier molecular flexibility index (Phi) is 3.50. The molecule has 0 aliphatic rings. The summed E-state index contributed by atoms with van der Waals surface area (Å²) < 4.78 is 0.779. The Morgan fingerprint density at radius 1 is 1.75 bits per heavy atom. The summed E-state index contributed by atoms with van der Waals surface area (Å²) in [6, 6.07) is 1.85. The van der Waals surface area contributed by atoms with Crippen LogP contribution in [-0.4, -0.2) is 4.98 Å². The summed E-state index contributed by atoms with van der Waals surface area (Å²) in [5.41, 5.74) is 6.80. The van der Waals surface area contributed by atoms with E-state index in [1.807, 2.05) is 13.0 Å². The molecule has 0 amide bonds. The second-order valence-corrected chi connectivity index (χ2v) is 3.74. The first-order chi connectivity index (χ1) is 5.65. The van der Waals surface area contributed by atoms with Gasteiger partial charge in [-0.05, 0) is 28.4 Å². The van der Waals surface area contributed by atoms with Crippen molar-refractivity contribution in [3.8, 4) is 0 Å². The van der Waals surface area contributed by atoms with E-state index in [0.29, 0.717) is 5.02 Å². The molecule has 2 nitrogen and oxygen atoms in total. The van der Waals surface area contributed by atoms with Gasteiger partial charge in [0, 0.05) is 17.8 Å². The van der Waals surface area contributed by atoms with E-state index in [4.69, 9.17) is 17.3 Å². The monoisotopic (exact) mass is 248 g/mol. The Hall–Kier alpha value is -0.120. The molecular formula is C8H10BrClN2. The molecule has 12 heavy (non-hydrogen) atoms. The Labute approximate surface area is 85.3 Å². The minimum absolute atomic E-state index is 0.00516. The molecule has 0 aliphatic heterocycles. The molecule has 0 aromatic carbocycles. The van der Waals surface area contributed by atoms with Crippen molar-refractivity contribution in [1.82, 2.24) is 4.98 Å². The second kappa shape index (κ2) is 4.21. The molecular weight excluding hydrogens is 239 g/mol. The Bertz CT molecular complexity index is 278. The SMILES string of the molecule is CC[C@@H](N)c1cc(Cl)cnc1Br. The average molecular weight is 250 g/mol. The first kappa shape index (κ1) is 9.96. The molecule has 0 radical (unpaired) electrons. The molecule has 0 spiro atoms. The fourth-order valence-corrected chi connectivity index (χ4v) is 1.60. The molecule has 0 aliphatic carbocycles. The van der Waals surface area contributed by atoms with Crippen molar-refractivity contribution >= 4 is 27.5 Å². The quantitative estimate of drug-likeness (QED) is 0.819. The van der Waals surface area contributed by atoms with Gasteiger partial charge in [-0.1, -0.05) is 18.5 Å². The summed E-state index contributed by atoms with van der Waals surface area (Å²) in [6.45, 7) is 2.03. The minimum Gasteiger partial charge on any atom is -0.324 e. The molecule has 2 N–H and O–H groups in total. The Morgan fingerprint density at radius 2 is 2.42 bits per heavy atom. The van der Waals surface area contributed by atoms with Crippen molar-refractivity contribution in [1.29, 1.82) is 0 Å². The lowest BCUT2D eigenvalue weighted by Gasteiger charge is -2.10. The molecule has 0 unspecified atom stereocenters. The topological polar surface area (TPSA) is 38.9 Å². The highest BCUT2D eigenvalue weighted by Gasteiger charge is 2.08. The number of rotatable bonds is 2. The van der Waals surface area contributed by atoms with E-state index in [1.54, 1.807) is 6.20 Å². The molecule has 1 atom stereocenters. The number of halogens is 2. The zero-order valence-electron chi connectivity index (χ0n) is 6.72. The third-order valence-corrected chi connectivity index (χ3v) is 2.54. The van der Waals surface area contributed by atoms with Crippen LogP contribution < -0.4 is 5.73 Å². The molecule has 1 aromatic heterocycles. The van der Waals surface area contributed by atoms with Crippen LogP contribution in [0.4, 0.5) is 0 Å². The van der Waals surface area contributed by atoms with Crippen LogP contribution in [-0.2, 0) is 0 Å². The summed E-state index contributed by atoms with van der Waals surface area (Å²) in [5, 5.41) is 0.622. The predicted octanol–water partition coefficient (Wildman–Crippen LogP) is 2.91. The maximum Gasteiger partial charge on any atom is 0.110 e. The molecule has 1 aromatic rings. The molecule has 1 rings (SSSR count). The summed E-state index contributed by atoms with van der Waals surface area (Å²) in [6.07, 6.45) is 2.47. The van der Waals surface area contributed by atoms with E-state index in [9.17, 15) is 0 Å². The van der Waals surface area contributed by atoms with E-state index in [2.05, 4.69) is 20.9 Å². The summed E-state index contributed by atoms with van der Waals surface area (Å²) >= 11 is 9.10. The minimum atomic E-state index is 0.00516. The average Bonchev–Trinajstić information content (AvgIpc) is 2.08. The lowest BCUT2D eigenvalue weighted by atomic mass is 10.1. The van der Waals surface area contributed by atoms with E-state index in [-0.39, 0.29) is 6.04 Å². The number of nitrogens with two attached hydrogens (primary N) is 1. The van der Waals surface area contributed by atoms with Gasteiger partial charge in [0.1, 0.15) is 4.60 Å². The summed E-state index contributed by atoms with van der Waals surface area (Å²) in [5.74, 6) is 0. The molecule has 0 saturated heterocycles. The fraction of sp³-hybridized carbons (Fsp3) is 0.375. The first-order valence-electron chi connectivity index (χ1n) is 3.71. The lowest BCUT2D eigenvalue weighted by Crippen LogP contribution is -2.09. The van der Waals surface area contributed by atoms with Crippen molar-refractivity contribution < 1.29 is 0 Å². The number of nitrogens with zero attached hydrogens (tertiary/aromatic N) is 1. The number of aromatic nitrogens is 1. The molecule has 66 valence electrons. The maximum atomic E-state index is 5.84. The van der Waals surface area contributed by atoms with Crippen molar-refractivity contribution in [3.05, 3.63) is 27.5 Å². The van der Waals surface area contributed by atoms with Crippen LogP contribution in [0.1, 0.15) is 24.9 Å². The molecule has 0 saturated carbocycles. The normalized spacial score (nSPS) is 13.0. The van der Waals surface area contributed by atoms with E-state index in [1.165, 1.54) is 0 Å². The van der Waals surface area contributed by atoms with Gasteiger partial charge in [-0.25, -0.2) is 4.98 Å². The predicted molar refractivity (Wildman–Crippen MR) is 54.2 cm³/mol. The largest absolute Gasteiger partial charge is 0.324 e. The van der Waals surface area contributed by atoms with Gasteiger partial charge in [0.25, 0.3) is 0 Å². The van der Waals surface area contributed by atoms with Gasteiger partial charge < -0.3 is 5.73 Å². The van der Waals surface area contributed by atoms with Gasteiger partial charge in [0.15, 0.2) is 0 Å². The van der Waals surface area contributed by atoms with Crippen LogP contribution in [0.15, 0.2) is 16.9 Å². The lowest BCUT2D eigenvalue weighted by molar-refractivity contribution is 0.691. The van der Waals surface area contributed by atoms with Gasteiger partial charge in [-0.3, -0.25) is 0 Å². The highest BCUT2D eigenvalue weighted by molar-refractivity contribution is 9.10. The van der Waals surface area contributed by atoms with Gasteiger partial charge in [0.2, 0.25) is 0 Å². The standard InChI is InChI=1S/C8H10BrClN2/c1-2-7(11)6-3-5(10)4-12-8(6)9/h3-4,7H,2,11H2,1H3/t7-/m1/s1. The second-order valence-electron chi connectivity index (χ2n) is 2.55. The third kappa shape index (κ3) is 2.19. The number of hydrogen-bond donors (Lipinski definition) is 1. The van der Waals surface area contributed by atoms with Crippen LogP contribution in [0.5, 0.6) is 0 Å². The van der Waals surface area contributed by atoms with E-state index in [0.717, 1.165) is 16.6 Å². The fourth-order valence-electron chi connectivity index (χ4n) is 0.918. The van der Waals surface area contributed by atoms with Crippen molar-refractivity contribution in [2.45, 2.75) is 19.4 Å². The van der Waals surface area contributed by atoms with Crippen LogP contribution in [0, 0.1) is 0 Å². The van der Waals surface area contributed by atoms with Crippen molar-refractivity contribution in [2.24, 2.45) is 5.73 Å². The third-order valence-electron chi connectivity index (χ3n) is 1.67. The van der Waals surface area contributed by atoms with Crippen LogP contribution in [0.2, 0.25) is 5.02 Å². The highest BCUT2D eigenvalue weighted by atomic mass is 79.9. The van der Waals surface area contributed by atoms with Gasteiger partial charge in [0.05, 0.1) is 5.02 Å². The van der Waals surface area contributed by atoms with Gasteiger partial charge in [-0.15, -0.1) is 0 Å². The van der Waals surface area contributed by atoms with Gasteiger partial charge >= 0.3 is 0 Å². The number of pyridine rings is 1. The first-order valence-corrected chi connectivity index (χ1v) is 4.88. The van der Waals surface area contributed by atoms with E-state index >= 15 is 0 Å². The molecule has 0 fully saturated rings. The Morgan fingerprint density at radius 3 is 3.00 bits per heavy atom. The molecule has 4 heteroatoms. The van der Waals surface area contributed by atoms with E-state index < -0.39 is 0 Å². The zero-order valence-corrected chi connectivity index (χ0v) is 9.06. The highest BCUT2D eigenvalue weighted by Crippen LogP contribution is 2.24. The van der Waals surface area contributed by atoms with Crippen LogP contribution in [0.3, 0.4) is 0 Å². The van der Waals surface area contributed by atoms with Crippen molar-refractivity contribution in [2.75, 3.05) is 0 Å². The molecule has 0 bridgehead atoms. The van der Waals surface area contributed by atoms with Gasteiger partial charge in [-0.2, -0.15) is 0 Å². The smallest absolute Gasteiger partial charge is 0.110 e. The Balaban J connectivity index is 3.04. The van der Waals surface area contributed by atoms with Crippen molar-refractivity contribution in [3.63, 3.8) is 0 Å². The van der Waals surface area contributed by atoms with Crippen LogP contribution in [0.25, 0.3) is 0 Å². The maximum absolute atomic E-state index is 5.84.